The van der Waals surface area contributed by atoms with Crippen molar-refractivity contribution in [3.8, 4) is 5.75 Å². The maximum absolute atomic E-state index is 12.0. The molecule has 0 heterocycles. The van der Waals surface area contributed by atoms with Crippen LogP contribution >= 0.6 is 8.25 Å². The standard InChI is InChI=1S/C23H40O3P.Nd/c1-4-7-9-10-11-12-13-15-22-16-18-23(19-17-22)26-27(24)25-20-21(6-3)14-8-5-2;/h16-19,21H,4-15,20H2,1-3H3;/q+1;. The van der Waals surface area contributed by atoms with E-state index in [1.807, 2.05) is 12.1 Å². The van der Waals surface area contributed by atoms with Crippen molar-refractivity contribution in [3.63, 3.8) is 0 Å². The van der Waals surface area contributed by atoms with Gasteiger partial charge in [-0.1, -0.05) is 90.7 Å². The molecule has 1 aromatic rings. The number of hydrogen-bond acceptors (Lipinski definition) is 3. The third kappa shape index (κ3) is 14.4. The zero-order valence-corrected chi connectivity index (χ0v) is 22.4. The molecule has 0 fully saturated rings. The Morgan fingerprint density at radius 3 is 2.07 bits per heavy atom. The van der Waals surface area contributed by atoms with Gasteiger partial charge in [-0.2, -0.15) is 0 Å². The molecule has 2 atom stereocenters. The molecular weight excluding hydrogens is 499 g/mol. The largest absolute Gasteiger partial charge is 0.750 e. The van der Waals surface area contributed by atoms with Gasteiger partial charge in [0.1, 0.15) is 6.61 Å². The van der Waals surface area contributed by atoms with Gasteiger partial charge in [0.15, 0.2) is 5.75 Å². The zero-order chi connectivity index (χ0) is 19.7. The SMILES string of the molecule is CCCCCCCCCc1ccc(O[P+](=O)OCC(CC)CCCC)cc1.[Nd]. The summed E-state index contributed by atoms with van der Waals surface area (Å²) >= 11 is 0. The Labute approximate surface area is 207 Å². The predicted octanol–water partition coefficient (Wildman–Crippen LogP) is 8.25. The van der Waals surface area contributed by atoms with E-state index in [4.69, 9.17) is 9.05 Å². The number of hydrogen-bond donors (Lipinski definition) is 0. The monoisotopic (exact) mass is 537 g/mol. The molecule has 5 heteroatoms. The minimum absolute atomic E-state index is 0. The molecule has 0 spiro atoms. The van der Waals surface area contributed by atoms with E-state index < -0.39 is 8.25 Å². The van der Waals surface area contributed by atoms with Gasteiger partial charge in [0.05, 0.1) is 0 Å². The second-order valence-electron chi connectivity index (χ2n) is 7.54. The number of unbranched alkanes of at least 4 members (excludes halogenated alkanes) is 7. The van der Waals surface area contributed by atoms with Crippen LogP contribution in [0.15, 0.2) is 24.3 Å². The number of benzene rings is 1. The van der Waals surface area contributed by atoms with E-state index in [1.165, 1.54) is 63.4 Å². The molecule has 3 nitrogen and oxygen atoms in total. The van der Waals surface area contributed by atoms with Crippen LogP contribution in [0.3, 0.4) is 0 Å². The fourth-order valence-corrected chi connectivity index (χ4v) is 3.86. The fourth-order valence-electron chi connectivity index (χ4n) is 3.18. The molecule has 0 saturated carbocycles. The van der Waals surface area contributed by atoms with Crippen LogP contribution in [0.25, 0.3) is 0 Å². The third-order valence-corrected chi connectivity index (χ3v) is 5.85. The molecule has 158 valence electrons. The van der Waals surface area contributed by atoms with Gasteiger partial charge in [-0.15, -0.1) is 4.52 Å². The molecule has 1 rings (SSSR count). The van der Waals surface area contributed by atoms with E-state index in [-0.39, 0.29) is 40.8 Å². The van der Waals surface area contributed by atoms with Crippen LogP contribution in [0, 0.1) is 46.8 Å². The van der Waals surface area contributed by atoms with Crippen LogP contribution in [-0.2, 0) is 15.5 Å². The van der Waals surface area contributed by atoms with E-state index >= 15 is 0 Å². The van der Waals surface area contributed by atoms with Crippen molar-refractivity contribution in [1.29, 1.82) is 0 Å². The van der Waals surface area contributed by atoms with E-state index in [1.54, 1.807) is 0 Å². The molecule has 0 aromatic heterocycles. The Morgan fingerprint density at radius 2 is 1.46 bits per heavy atom. The first-order valence-corrected chi connectivity index (χ1v) is 12.2. The van der Waals surface area contributed by atoms with Gasteiger partial charge in [-0.25, -0.2) is 4.52 Å². The Kier molecular flexibility index (Phi) is 19.7. The van der Waals surface area contributed by atoms with Crippen LogP contribution in [0.4, 0.5) is 0 Å². The summed E-state index contributed by atoms with van der Waals surface area (Å²) in [6.45, 7) is 7.11. The van der Waals surface area contributed by atoms with Crippen molar-refractivity contribution in [2.75, 3.05) is 6.61 Å². The summed E-state index contributed by atoms with van der Waals surface area (Å²) in [5.41, 5.74) is 1.32. The molecule has 0 amide bonds. The van der Waals surface area contributed by atoms with Crippen molar-refractivity contribution in [2.45, 2.75) is 97.8 Å². The van der Waals surface area contributed by atoms with Gasteiger partial charge in [0.2, 0.25) is 0 Å². The van der Waals surface area contributed by atoms with Gasteiger partial charge in [-0.3, -0.25) is 0 Å². The average Bonchev–Trinajstić information content (AvgIpc) is 2.68. The van der Waals surface area contributed by atoms with Crippen LogP contribution in [0.2, 0.25) is 0 Å². The molecule has 0 aliphatic rings. The van der Waals surface area contributed by atoms with Crippen LogP contribution < -0.4 is 4.52 Å². The molecule has 0 radical (unpaired) electrons. The summed E-state index contributed by atoms with van der Waals surface area (Å²) in [7, 11) is -2.09. The summed E-state index contributed by atoms with van der Waals surface area (Å²) in [6, 6.07) is 7.96. The van der Waals surface area contributed by atoms with Crippen LogP contribution in [0.5, 0.6) is 5.75 Å². The first-order valence-electron chi connectivity index (χ1n) is 11.1. The van der Waals surface area contributed by atoms with E-state index in [2.05, 4.69) is 32.9 Å². The van der Waals surface area contributed by atoms with E-state index in [9.17, 15) is 4.57 Å². The molecule has 28 heavy (non-hydrogen) atoms. The number of aryl methyl sites for hydroxylation is 1. The summed E-state index contributed by atoms with van der Waals surface area (Å²) in [5.74, 6) is 1.10. The van der Waals surface area contributed by atoms with E-state index in [0.29, 0.717) is 18.3 Å². The first-order chi connectivity index (χ1) is 13.2. The van der Waals surface area contributed by atoms with Gasteiger partial charge in [0, 0.05) is 45.4 Å². The summed E-state index contributed by atoms with van der Waals surface area (Å²) in [4.78, 5) is 0. The van der Waals surface area contributed by atoms with Gasteiger partial charge in [0.25, 0.3) is 0 Å². The fraction of sp³-hybridized carbons (Fsp3) is 0.739. The molecule has 0 aliphatic heterocycles. The number of rotatable bonds is 17. The quantitative estimate of drug-likeness (QED) is 0.148. The zero-order valence-electron chi connectivity index (χ0n) is 18.3. The molecule has 2 unspecified atom stereocenters. The Morgan fingerprint density at radius 1 is 0.857 bits per heavy atom. The van der Waals surface area contributed by atoms with Crippen molar-refractivity contribution in [2.24, 2.45) is 5.92 Å². The third-order valence-electron chi connectivity index (χ3n) is 5.13. The second kappa shape index (κ2) is 19.4. The Balaban J connectivity index is 0.00000729. The summed E-state index contributed by atoms with van der Waals surface area (Å²) < 4.78 is 22.9. The minimum atomic E-state index is -2.09. The van der Waals surface area contributed by atoms with Crippen molar-refractivity contribution >= 4 is 8.25 Å². The maximum atomic E-state index is 12.0. The minimum Gasteiger partial charge on any atom is -0.229 e. The normalized spacial score (nSPS) is 12.3. The topological polar surface area (TPSA) is 35.5 Å². The Hall–Kier alpha value is 0.431. The van der Waals surface area contributed by atoms with Gasteiger partial charge < -0.3 is 0 Å². The van der Waals surface area contributed by atoms with Crippen LogP contribution in [0.1, 0.15) is 97.0 Å². The molecule has 0 aliphatic carbocycles. The van der Waals surface area contributed by atoms with Gasteiger partial charge in [-0.05, 0) is 42.9 Å². The van der Waals surface area contributed by atoms with Gasteiger partial charge >= 0.3 is 8.25 Å². The smallest absolute Gasteiger partial charge is 0.229 e. The van der Waals surface area contributed by atoms with Crippen molar-refractivity contribution in [1.82, 2.24) is 0 Å². The molecule has 0 N–H and O–H groups in total. The molecule has 0 bridgehead atoms. The first kappa shape index (κ1) is 28.4. The summed E-state index contributed by atoms with van der Waals surface area (Å²) in [6.07, 6.45) is 15.0. The molecule has 0 saturated heterocycles. The Bertz CT molecular complexity index is 493. The maximum Gasteiger partial charge on any atom is 0.750 e. The average molecular weight is 540 g/mol. The van der Waals surface area contributed by atoms with Crippen molar-refractivity contribution in [3.05, 3.63) is 29.8 Å². The van der Waals surface area contributed by atoms with E-state index in [0.717, 1.165) is 19.3 Å². The second-order valence-corrected chi connectivity index (χ2v) is 8.43. The summed E-state index contributed by atoms with van der Waals surface area (Å²) in [5, 5.41) is 0. The predicted molar refractivity (Wildman–Crippen MR) is 116 cm³/mol. The van der Waals surface area contributed by atoms with Crippen LogP contribution in [-0.4, -0.2) is 6.61 Å². The van der Waals surface area contributed by atoms with Crippen molar-refractivity contribution < 1.29 is 54.5 Å². The molecule has 1 aromatic carbocycles. The molecular formula is C23H40NdO3P+.